The van der Waals surface area contributed by atoms with Crippen molar-refractivity contribution in [1.82, 2.24) is 0 Å². The fraction of sp³-hybridized carbons (Fsp3) is 0.200. The van der Waals surface area contributed by atoms with E-state index in [-0.39, 0.29) is 0 Å². The highest BCUT2D eigenvalue weighted by molar-refractivity contribution is 5.77. The lowest BCUT2D eigenvalue weighted by Gasteiger charge is -2.14. The van der Waals surface area contributed by atoms with E-state index in [9.17, 15) is 8.78 Å². The molecule has 1 heterocycles. The van der Waals surface area contributed by atoms with Gasteiger partial charge in [-0.25, -0.2) is 8.78 Å². The molecule has 1 aliphatic heterocycles. The molecule has 0 saturated heterocycles. The monoisotopic (exact) mass is 131 g/mol. The average molecular weight is 131 g/mol. The minimum absolute atomic E-state index is 0.653. The quantitative estimate of drug-likeness (QED) is 0.483. The zero-order valence-electron chi connectivity index (χ0n) is 4.51. The molecule has 1 unspecified atom stereocenters. The van der Waals surface area contributed by atoms with Crippen molar-refractivity contribution >= 4 is 6.21 Å². The Bertz CT molecular complexity index is 172. The van der Waals surface area contributed by atoms with Crippen LogP contribution in [-0.4, -0.2) is 12.0 Å². The molecule has 0 aromatic carbocycles. The van der Waals surface area contributed by atoms with Crippen molar-refractivity contribution in [1.29, 1.82) is 0 Å². The largest absolute Gasteiger partial charge is 0.294 e. The highest BCUT2D eigenvalue weighted by Crippen LogP contribution is 2.16. The lowest BCUT2D eigenvalue weighted by atomic mass is 10.2. The zero-order chi connectivity index (χ0) is 6.91. The molecule has 1 rings (SSSR count). The van der Waals surface area contributed by atoms with Crippen LogP contribution in [0, 0.1) is 6.54 Å². The van der Waals surface area contributed by atoms with Gasteiger partial charge in [-0.1, -0.05) is 0 Å². The predicted octanol–water partition coefficient (Wildman–Crippen LogP) is 0.710. The second kappa shape index (κ2) is 1.88. The summed E-state index contributed by atoms with van der Waals surface area (Å²) in [5.41, 5.74) is 4.82. The van der Waals surface area contributed by atoms with Crippen molar-refractivity contribution in [3.8, 4) is 0 Å². The van der Waals surface area contributed by atoms with Crippen LogP contribution in [0.2, 0.25) is 0 Å². The number of rotatable bonds is 0. The Morgan fingerprint density at radius 2 is 2.33 bits per heavy atom. The van der Waals surface area contributed by atoms with Crippen molar-refractivity contribution in [2.75, 3.05) is 0 Å². The number of aliphatic imine (C=N–C) groups is 1. The predicted molar refractivity (Wildman–Crippen MR) is 30.0 cm³/mol. The number of hydrogen-bond acceptors (Lipinski definition) is 2. The third-order valence-corrected chi connectivity index (χ3v) is 0.829. The summed E-state index contributed by atoms with van der Waals surface area (Å²) in [6, 6.07) is 0. The number of allylic oxidation sites excluding steroid dienone is 1. The van der Waals surface area contributed by atoms with Crippen molar-refractivity contribution in [3.63, 3.8) is 0 Å². The van der Waals surface area contributed by atoms with Crippen molar-refractivity contribution in [2.45, 2.75) is 5.79 Å². The summed E-state index contributed by atoms with van der Waals surface area (Å²) in [6.07, 6.45) is 1.55. The van der Waals surface area contributed by atoms with Gasteiger partial charge in [-0.2, -0.15) is 0 Å². The van der Waals surface area contributed by atoms with E-state index in [2.05, 4.69) is 4.99 Å². The van der Waals surface area contributed by atoms with Crippen molar-refractivity contribution in [2.24, 2.45) is 10.7 Å². The third kappa shape index (κ3) is 1.57. The molecule has 0 aromatic heterocycles. The van der Waals surface area contributed by atoms with E-state index in [1.165, 1.54) is 0 Å². The summed E-state index contributed by atoms with van der Waals surface area (Å²) in [4.78, 5) is 3.22. The summed E-state index contributed by atoms with van der Waals surface area (Å²) < 4.78 is 24.5. The van der Waals surface area contributed by atoms with Gasteiger partial charge in [0.1, 0.15) is 12.4 Å². The average Bonchev–Trinajstić information content (AvgIpc) is 1.60. The van der Waals surface area contributed by atoms with Crippen LogP contribution in [0.4, 0.5) is 8.78 Å². The number of nitrogens with two attached hydrogens (primary N) is 1. The van der Waals surface area contributed by atoms with Crippen LogP contribution in [-0.2, 0) is 0 Å². The standard InChI is InChI=1S/C5H5F2N2/c6-4-1-5(7,8)3-9-2-4/h1-3H,8H2. The van der Waals surface area contributed by atoms with Crippen LogP contribution in [0.5, 0.6) is 0 Å². The van der Waals surface area contributed by atoms with E-state index >= 15 is 0 Å². The highest BCUT2D eigenvalue weighted by Gasteiger charge is 2.24. The Hall–Kier alpha value is -0.770. The molecule has 0 spiro atoms. The highest BCUT2D eigenvalue weighted by atomic mass is 19.2. The van der Waals surface area contributed by atoms with Gasteiger partial charge in [0.05, 0.1) is 6.21 Å². The van der Waals surface area contributed by atoms with Gasteiger partial charge in [-0.05, 0) is 0 Å². The molecule has 0 saturated carbocycles. The van der Waals surface area contributed by atoms with Crippen molar-refractivity contribution in [3.05, 3.63) is 18.4 Å². The van der Waals surface area contributed by atoms with Crippen LogP contribution in [0.25, 0.3) is 0 Å². The van der Waals surface area contributed by atoms with Crippen LogP contribution >= 0.6 is 0 Å². The molecule has 2 N–H and O–H groups in total. The smallest absolute Gasteiger partial charge is 0.205 e. The van der Waals surface area contributed by atoms with E-state index in [1.807, 2.05) is 0 Å². The summed E-state index contributed by atoms with van der Waals surface area (Å²) >= 11 is 0. The first-order valence-electron chi connectivity index (χ1n) is 2.34. The van der Waals surface area contributed by atoms with Gasteiger partial charge >= 0.3 is 0 Å². The van der Waals surface area contributed by atoms with Crippen LogP contribution in [0.3, 0.4) is 0 Å². The van der Waals surface area contributed by atoms with E-state index < -0.39 is 11.6 Å². The minimum Gasteiger partial charge on any atom is -0.294 e. The SMILES string of the molecule is NC1(F)[CH]N=CC(F)=C1. The third-order valence-electron chi connectivity index (χ3n) is 0.829. The van der Waals surface area contributed by atoms with Crippen LogP contribution < -0.4 is 5.73 Å². The zero-order valence-corrected chi connectivity index (χ0v) is 4.51. The Morgan fingerprint density at radius 3 is 2.67 bits per heavy atom. The molecule has 2 nitrogen and oxygen atoms in total. The fourth-order valence-corrected chi connectivity index (χ4v) is 0.509. The second-order valence-electron chi connectivity index (χ2n) is 1.76. The number of halogens is 2. The molecule has 0 fully saturated rings. The van der Waals surface area contributed by atoms with Gasteiger partial charge in [0.25, 0.3) is 0 Å². The maximum atomic E-state index is 12.4. The minimum atomic E-state index is -2.21. The van der Waals surface area contributed by atoms with Gasteiger partial charge in [0.15, 0.2) is 0 Å². The van der Waals surface area contributed by atoms with Gasteiger partial charge < -0.3 is 0 Å². The first kappa shape index (κ1) is 6.35. The number of alkyl halides is 1. The Balaban J connectivity index is 2.78. The van der Waals surface area contributed by atoms with Gasteiger partial charge in [-0.3, -0.25) is 10.7 Å². The normalized spacial score (nSPS) is 34.3. The molecule has 0 bridgehead atoms. The summed E-state index contributed by atoms with van der Waals surface area (Å²) in [5.74, 6) is -2.96. The van der Waals surface area contributed by atoms with Gasteiger partial charge in [0, 0.05) is 6.08 Å². The maximum absolute atomic E-state index is 12.4. The molecule has 0 aromatic rings. The van der Waals surface area contributed by atoms with E-state index in [0.29, 0.717) is 6.08 Å². The van der Waals surface area contributed by atoms with E-state index in [4.69, 9.17) is 5.73 Å². The molecule has 0 aliphatic carbocycles. The molecule has 49 valence electrons. The summed E-state index contributed by atoms with van der Waals surface area (Å²) in [7, 11) is 0. The van der Waals surface area contributed by atoms with E-state index in [1.54, 1.807) is 0 Å². The van der Waals surface area contributed by atoms with Gasteiger partial charge in [-0.15, -0.1) is 0 Å². The Kier molecular flexibility index (Phi) is 1.32. The lowest BCUT2D eigenvalue weighted by molar-refractivity contribution is 0.277. The maximum Gasteiger partial charge on any atom is 0.205 e. The molecule has 1 aliphatic rings. The molecule has 9 heavy (non-hydrogen) atoms. The summed E-state index contributed by atoms with van der Waals surface area (Å²) in [5, 5.41) is 0. The molecule has 1 radical (unpaired) electrons. The molecule has 4 heteroatoms. The summed E-state index contributed by atoms with van der Waals surface area (Å²) in [6.45, 7) is 0.829. The van der Waals surface area contributed by atoms with Crippen molar-refractivity contribution < 1.29 is 8.78 Å². The first-order valence-corrected chi connectivity index (χ1v) is 2.34. The Labute approximate surface area is 51.1 Å². The number of nitrogens with zero attached hydrogens (tertiary/aromatic N) is 1. The Morgan fingerprint density at radius 1 is 1.67 bits per heavy atom. The lowest BCUT2D eigenvalue weighted by Crippen LogP contribution is -2.33. The number of dihydropyridines is 1. The molecular weight excluding hydrogens is 126 g/mol. The molecule has 1 atom stereocenters. The first-order chi connectivity index (χ1) is 4.10. The van der Waals surface area contributed by atoms with Crippen LogP contribution in [0.15, 0.2) is 16.9 Å². The van der Waals surface area contributed by atoms with E-state index in [0.717, 1.165) is 12.8 Å². The molecule has 0 amide bonds. The van der Waals surface area contributed by atoms with Gasteiger partial charge in [0.2, 0.25) is 5.79 Å². The topological polar surface area (TPSA) is 38.4 Å². The fourth-order valence-electron chi connectivity index (χ4n) is 0.509. The van der Waals surface area contributed by atoms with Crippen LogP contribution in [0.1, 0.15) is 0 Å². The molecular formula is C5H5F2N2. The second-order valence-corrected chi connectivity index (χ2v) is 1.76. The number of hydrogen-bond donors (Lipinski definition) is 1.